The third-order valence-corrected chi connectivity index (χ3v) is 5.33. The van der Waals surface area contributed by atoms with E-state index in [1.165, 1.54) is 11.8 Å². The van der Waals surface area contributed by atoms with Crippen LogP contribution < -0.4 is 0 Å². The summed E-state index contributed by atoms with van der Waals surface area (Å²) in [5, 5.41) is 9.60. The lowest BCUT2D eigenvalue weighted by molar-refractivity contribution is -0.161. The van der Waals surface area contributed by atoms with E-state index in [9.17, 15) is 19.1 Å². The van der Waals surface area contributed by atoms with E-state index >= 15 is 0 Å². The monoisotopic (exact) mass is 307 g/mol. The van der Waals surface area contributed by atoms with Crippen LogP contribution in [0, 0.1) is 10.8 Å². The van der Waals surface area contributed by atoms with Crippen LogP contribution in [0.5, 0.6) is 0 Å². The standard InChI is InChI=1S/C17H22FNO3/c1-4-17(10-18)11-19(14(20)16(17,3)15(21)22)12(2)13-8-6-5-7-9-13/h5-9,12H,4,10-11H2,1-3H3,(H,21,22)/t12-,16-,17+/m1/s1. The fourth-order valence-electron chi connectivity index (χ4n) is 3.35. The third-order valence-electron chi connectivity index (χ3n) is 5.33. The smallest absolute Gasteiger partial charge is 0.319 e. The number of hydrogen-bond acceptors (Lipinski definition) is 2. The number of carbonyl (C=O) groups excluding carboxylic acids is 1. The minimum atomic E-state index is -1.72. The largest absolute Gasteiger partial charge is 0.480 e. The second-order valence-electron chi connectivity index (χ2n) is 6.22. The third kappa shape index (κ3) is 2.11. The molecule has 1 amide bonds. The van der Waals surface area contributed by atoms with Gasteiger partial charge in [-0.05, 0) is 25.8 Å². The van der Waals surface area contributed by atoms with Crippen LogP contribution in [0.2, 0.25) is 0 Å². The van der Waals surface area contributed by atoms with Gasteiger partial charge in [-0.25, -0.2) is 0 Å². The van der Waals surface area contributed by atoms with Gasteiger partial charge in [0.05, 0.1) is 12.7 Å². The van der Waals surface area contributed by atoms with Crippen molar-refractivity contribution in [1.29, 1.82) is 0 Å². The molecule has 4 nitrogen and oxygen atoms in total. The molecule has 1 N–H and O–H groups in total. The Morgan fingerprint density at radius 3 is 2.41 bits per heavy atom. The Morgan fingerprint density at radius 2 is 2.00 bits per heavy atom. The van der Waals surface area contributed by atoms with Gasteiger partial charge in [0, 0.05) is 12.0 Å². The molecule has 2 rings (SSSR count). The number of carboxylic acid groups (broad SMARTS) is 1. The van der Waals surface area contributed by atoms with Gasteiger partial charge in [-0.15, -0.1) is 0 Å². The zero-order valence-electron chi connectivity index (χ0n) is 13.2. The van der Waals surface area contributed by atoms with Crippen LogP contribution in [0.15, 0.2) is 30.3 Å². The molecule has 0 spiro atoms. The van der Waals surface area contributed by atoms with E-state index in [-0.39, 0.29) is 12.6 Å². The second kappa shape index (κ2) is 5.71. The van der Waals surface area contributed by atoms with Crippen LogP contribution in [0.1, 0.15) is 38.8 Å². The van der Waals surface area contributed by atoms with Crippen LogP contribution in [-0.2, 0) is 9.59 Å². The first-order chi connectivity index (χ1) is 10.3. The molecule has 1 fully saturated rings. The highest BCUT2D eigenvalue weighted by molar-refractivity contribution is 6.04. The lowest BCUT2D eigenvalue weighted by Gasteiger charge is -2.34. The summed E-state index contributed by atoms with van der Waals surface area (Å²) in [5.74, 6) is -1.75. The molecular weight excluding hydrogens is 285 g/mol. The molecule has 1 aliphatic rings. The van der Waals surface area contributed by atoms with Gasteiger partial charge in [0.1, 0.15) is 0 Å². The predicted octanol–water partition coefficient (Wildman–Crippen LogP) is 3.05. The quantitative estimate of drug-likeness (QED) is 0.851. The van der Waals surface area contributed by atoms with E-state index < -0.39 is 29.4 Å². The Balaban J connectivity index is 2.45. The molecule has 0 radical (unpaired) electrons. The number of alkyl halides is 1. The molecule has 0 saturated carbocycles. The number of hydrogen-bond donors (Lipinski definition) is 1. The molecule has 0 aromatic heterocycles. The fourth-order valence-corrected chi connectivity index (χ4v) is 3.35. The van der Waals surface area contributed by atoms with Gasteiger partial charge >= 0.3 is 5.97 Å². The summed E-state index contributed by atoms with van der Waals surface area (Å²) in [6.45, 7) is 4.25. The number of carboxylic acids is 1. The van der Waals surface area contributed by atoms with Crippen LogP contribution in [0.3, 0.4) is 0 Å². The summed E-state index contributed by atoms with van der Waals surface area (Å²) in [7, 11) is 0. The van der Waals surface area contributed by atoms with E-state index in [1.54, 1.807) is 6.92 Å². The Kier molecular flexibility index (Phi) is 4.27. The molecule has 1 aliphatic heterocycles. The van der Waals surface area contributed by atoms with Crippen molar-refractivity contribution in [2.75, 3.05) is 13.2 Å². The van der Waals surface area contributed by atoms with Crippen LogP contribution in [0.25, 0.3) is 0 Å². The van der Waals surface area contributed by atoms with Gasteiger partial charge in [0.25, 0.3) is 0 Å². The second-order valence-corrected chi connectivity index (χ2v) is 6.22. The molecule has 120 valence electrons. The molecule has 1 aromatic rings. The molecule has 1 heterocycles. The predicted molar refractivity (Wildman–Crippen MR) is 81.0 cm³/mol. The van der Waals surface area contributed by atoms with Crippen molar-refractivity contribution in [2.24, 2.45) is 10.8 Å². The Hall–Kier alpha value is -1.91. The zero-order valence-corrected chi connectivity index (χ0v) is 13.2. The lowest BCUT2D eigenvalue weighted by Crippen LogP contribution is -2.48. The summed E-state index contributed by atoms with van der Waals surface area (Å²) in [6.07, 6.45) is 0.302. The normalized spacial score (nSPS) is 29.6. The number of rotatable bonds is 5. The van der Waals surface area contributed by atoms with Crippen molar-refractivity contribution in [2.45, 2.75) is 33.2 Å². The number of amides is 1. The zero-order chi connectivity index (χ0) is 16.5. The average molecular weight is 307 g/mol. The maximum atomic E-state index is 13.8. The number of likely N-dealkylation sites (tertiary alicyclic amines) is 1. The van der Waals surface area contributed by atoms with Crippen molar-refractivity contribution in [3.8, 4) is 0 Å². The molecule has 1 saturated heterocycles. The topological polar surface area (TPSA) is 57.6 Å². The molecule has 22 heavy (non-hydrogen) atoms. The van der Waals surface area contributed by atoms with E-state index in [2.05, 4.69) is 0 Å². The van der Waals surface area contributed by atoms with E-state index in [0.717, 1.165) is 5.56 Å². The van der Waals surface area contributed by atoms with Gasteiger partial charge < -0.3 is 10.0 Å². The van der Waals surface area contributed by atoms with Crippen molar-refractivity contribution >= 4 is 11.9 Å². The highest BCUT2D eigenvalue weighted by Gasteiger charge is 2.65. The Morgan fingerprint density at radius 1 is 1.41 bits per heavy atom. The van der Waals surface area contributed by atoms with Gasteiger partial charge in [0.2, 0.25) is 5.91 Å². The van der Waals surface area contributed by atoms with E-state index in [4.69, 9.17) is 0 Å². The number of nitrogens with zero attached hydrogens (tertiary/aromatic N) is 1. The van der Waals surface area contributed by atoms with Crippen LogP contribution in [0.4, 0.5) is 4.39 Å². The number of halogens is 1. The number of benzene rings is 1. The van der Waals surface area contributed by atoms with E-state index in [0.29, 0.717) is 6.42 Å². The first kappa shape index (κ1) is 16.5. The highest BCUT2D eigenvalue weighted by atomic mass is 19.1. The maximum absolute atomic E-state index is 13.8. The molecule has 1 aromatic carbocycles. The number of aliphatic carboxylic acids is 1. The van der Waals surface area contributed by atoms with Crippen LogP contribution in [-0.4, -0.2) is 35.1 Å². The van der Waals surface area contributed by atoms with Crippen molar-refractivity contribution in [1.82, 2.24) is 4.90 Å². The summed E-state index contributed by atoms with van der Waals surface area (Å²) in [5.41, 5.74) is -1.99. The summed E-state index contributed by atoms with van der Waals surface area (Å²) in [6, 6.07) is 9.10. The van der Waals surface area contributed by atoms with Crippen molar-refractivity contribution in [3.63, 3.8) is 0 Å². The van der Waals surface area contributed by atoms with Gasteiger partial charge in [-0.1, -0.05) is 37.3 Å². The van der Waals surface area contributed by atoms with Crippen LogP contribution >= 0.6 is 0 Å². The summed E-state index contributed by atoms with van der Waals surface area (Å²) in [4.78, 5) is 26.1. The van der Waals surface area contributed by atoms with Crippen molar-refractivity contribution < 1.29 is 19.1 Å². The first-order valence-electron chi connectivity index (χ1n) is 7.49. The molecule has 0 bridgehead atoms. The molecule has 0 unspecified atom stereocenters. The molecule has 5 heteroatoms. The van der Waals surface area contributed by atoms with Gasteiger partial charge in [-0.2, -0.15) is 0 Å². The number of carbonyl (C=O) groups is 2. The Labute approximate surface area is 129 Å². The molecule has 3 atom stereocenters. The minimum absolute atomic E-state index is 0.123. The minimum Gasteiger partial charge on any atom is -0.480 e. The fraction of sp³-hybridized carbons (Fsp3) is 0.529. The van der Waals surface area contributed by atoms with Gasteiger partial charge in [0.15, 0.2) is 5.41 Å². The molecular formula is C17H22FNO3. The van der Waals surface area contributed by atoms with Gasteiger partial charge in [-0.3, -0.25) is 14.0 Å². The first-order valence-corrected chi connectivity index (χ1v) is 7.49. The summed E-state index contributed by atoms with van der Waals surface area (Å²) >= 11 is 0. The average Bonchev–Trinajstić information content (AvgIpc) is 2.78. The Bertz CT molecular complexity index is 571. The SMILES string of the molecule is CC[C@]1(CF)CN([C@H](C)c2ccccc2)C(=O)[C@]1(C)C(=O)O. The highest BCUT2D eigenvalue weighted by Crippen LogP contribution is 2.52. The lowest BCUT2D eigenvalue weighted by atomic mass is 9.65. The maximum Gasteiger partial charge on any atom is 0.319 e. The van der Waals surface area contributed by atoms with E-state index in [1.807, 2.05) is 37.3 Å². The molecule has 0 aliphatic carbocycles. The van der Waals surface area contributed by atoms with Crippen molar-refractivity contribution in [3.05, 3.63) is 35.9 Å². The summed E-state index contributed by atoms with van der Waals surface area (Å²) < 4.78 is 13.8.